The molecule has 4 aliphatic rings. The quantitative estimate of drug-likeness (QED) is 0.346. The van der Waals surface area contributed by atoms with Gasteiger partial charge in [0, 0.05) is 50.1 Å². The van der Waals surface area contributed by atoms with Gasteiger partial charge in [-0.05, 0) is 53.1 Å². The first-order valence-corrected chi connectivity index (χ1v) is 15.6. The van der Waals surface area contributed by atoms with Crippen LogP contribution in [-0.4, -0.2) is 48.5 Å². The number of aromatic nitrogens is 1. The van der Waals surface area contributed by atoms with Crippen molar-refractivity contribution in [1.29, 1.82) is 0 Å². The second kappa shape index (κ2) is 10.4. The lowest BCUT2D eigenvalue weighted by Crippen LogP contribution is -2.42. The lowest BCUT2D eigenvalue weighted by atomic mass is 9.59. The monoisotopic (exact) mass is 549 g/mol. The van der Waals surface area contributed by atoms with E-state index in [1.165, 1.54) is 25.0 Å². The second-order valence-corrected chi connectivity index (χ2v) is 13.6. The van der Waals surface area contributed by atoms with Gasteiger partial charge in [0.1, 0.15) is 0 Å². The molecule has 0 N–H and O–H groups in total. The van der Waals surface area contributed by atoms with Crippen LogP contribution in [0.15, 0.2) is 70.5 Å². The molecule has 3 aromatic rings. The summed E-state index contributed by atoms with van der Waals surface area (Å²) in [5.41, 5.74) is 6.64. The van der Waals surface area contributed by atoms with Crippen molar-refractivity contribution in [3.05, 3.63) is 82.1 Å². The third-order valence-corrected chi connectivity index (χ3v) is 11.0. The Morgan fingerprint density at radius 2 is 1.61 bits per heavy atom. The van der Waals surface area contributed by atoms with Crippen molar-refractivity contribution in [2.45, 2.75) is 59.0 Å². The molecule has 0 radical (unpaired) electrons. The Bertz CT molecular complexity index is 1500. The number of hydrogen-bond acceptors (Lipinski definition) is 4. The highest BCUT2D eigenvalue weighted by molar-refractivity contribution is 5.83. The third kappa shape index (κ3) is 4.44. The van der Waals surface area contributed by atoms with Gasteiger partial charge in [-0.25, -0.2) is 0 Å². The number of hydrogen-bond donors (Lipinski definition) is 0. The van der Waals surface area contributed by atoms with Gasteiger partial charge in [-0.15, -0.1) is 0 Å². The second-order valence-electron chi connectivity index (χ2n) is 13.6. The molecule has 2 saturated carbocycles. The maximum absolute atomic E-state index is 15.0. The smallest absolute Gasteiger partial charge is 0.195 e. The minimum Gasteiger partial charge on any atom is -0.379 e. The van der Waals surface area contributed by atoms with Gasteiger partial charge < -0.3 is 9.30 Å². The minimum absolute atomic E-state index is 0.0986. The summed E-state index contributed by atoms with van der Waals surface area (Å²) in [7, 11) is 0. The molecule has 4 atom stereocenters. The first kappa shape index (κ1) is 26.9. The molecule has 2 unspecified atom stereocenters. The molecule has 2 bridgehead atoms. The van der Waals surface area contributed by atoms with Crippen molar-refractivity contribution in [1.82, 2.24) is 9.47 Å². The molecule has 3 heterocycles. The Labute approximate surface area is 244 Å². The molecule has 2 aromatic carbocycles. The van der Waals surface area contributed by atoms with Crippen molar-refractivity contribution in [3.8, 4) is 22.4 Å². The van der Waals surface area contributed by atoms with Crippen molar-refractivity contribution in [2.75, 3.05) is 32.8 Å². The van der Waals surface area contributed by atoms with Crippen LogP contribution in [0.25, 0.3) is 22.4 Å². The van der Waals surface area contributed by atoms with Crippen molar-refractivity contribution in [2.24, 2.45) is 27.7 Å². The highest BCUT2D eigenvalue weighted by Crippen LogP contribution is 2.69. The highest BCUT2D eigenvalue weighted by Gasteiger charge is 2.62. The Kier molecular flexibility index (Phi) is 6.78. The zero-order valence-electron chi connectivity index (χ0n) is 24.8. The summed E-state index contributed by atoms with van der Waals surface area (Å²) in [6, 6.07) is 20.8. The van der Waals surface area contributed by atoms with Gasteiger partial charge in [-0.3, -0.25) is 14.7 Å². The molecule has 2 aliphatic carbocycles. The van der Waals surface area contributed by atoms with Crippen LogP contribution in [0.5, 0.6) is 0 Å². The summed E-state index contributed by atoms with van der Waals surface area (Å²) in [4.78, 5) is 22.8. The number of rotatable bonds is 6. The first-order chi connectivity index (χ1) is 19.9. The number of aliphatic imine (C=N–C) groups is 1. The minimum atomic E-state index is -0.0986. The van der Waals surface area contributed by atoms with E-state index in [1.54, 1.807) is 0 Å². The fraction of sp³-hybridized carbons (Fsp3) is 0.500. The molecule has 1 saturated heterocycles. The molecule has 214 valence electrons. The normalized spacial score (nSPS) is 28.6. The van der Waals surface area contributed by atoms with E-state index in [1.807, 2.05) is 6.07 Å². The number of pyridine rings is 1. The van der Waals surface area contributed by atoms with Crippen LogP contribution in [0, 0.1) is 22.7 Å². The van der Waals surface area contributed by atoms with E-state index < -0.39 is 0 Å². The van der Waals surface area contributed by atoms with Gasteiger partial charge >= 0.3 is 0 Å². The van der Waals surface area contributed by atoms with E-state index >= 15 is 4.79 Å². The highest BCUT2D eigenvalue weighted by atomic mass is 16.5. The fourth-order valence-corrected chi connectivity index (χ4v) is 9.10. The summed E-state index contributed by atoms with van der Waals surface area (Å²) in [5.74, 6) is 1.06. The maximum atomic E-state index is 15.0. The predicted octanol–water partition coefficient (Wildman–Crippen LogP) is 6.64. The van der Waals surface area contributed by atoms with E-state index in [0.717, 1.165) is 67.3 Å². The lowest BCUT2D eigenvalue weighted by molar-refractivity contribution is 0.0362. The Morgan fingerprint density at radius 3 is 2.27 bits per heavy atom. The predicted molar refractivity (Wildman–Crippen MR) is 166 cm³/mol. The Hall–Kier alpha value is -3.02. The van der Waals surface area contributed by atoms with Crippen LogP contribution < -0.4 is 5.43 Å². The van der Waals surface area contributed by atoms with Gasteiger partial charge in [-0.1, -0.05) is 81.4 Å². The molecule has 5 nitrogen and oxygen atoms in total. The maximum Gasteiger partial charge on any atom is 0.195 e. The molecule has 2 aliphatic heterocycles. The fourth-order valence-electron chi connectivity index (χ4n) is 9.10. The molecule has 41 heavy (non-hydrogen) atoms. The zero-order chi connectivity index (χ0) is 28.2. The number of nitrogens with zero attached hydrogens (tertiary/aromatic N) is 3. The topological polar surface area (TPSA) is 46.8 Å². The number of ether oxygens (including phenoxy) is 1. The van der Waals surface area contributed by atoms with Crippen LogP contribution in [0.1, 0.15) is 57.3 Å². The summed E-state index contributed by atoms with van der Waals surface area (Å²) >= 11 is 0. The van der Waals surface area contributed by atoms with Gasteiger partial charge in [-0.2, -0.15) is 0 Å². The molecule has 0 spiro atoms. The van der Waals surface area contributed by atoms with Crippen LogP contribution in [0.3, 0.4) is 0 Å². The van der Waals surface area contributed by atoms with Crippen molar-refractivity contribution < 1.29 is 4.74 Å². The number of fused-ring (bicyclic) bond motifs is 3. The average molecular weight is 550 g/mol. The zero-order valence-corrected chi connectivity index (χ0v) is 24.8. The van der Waals surface area contributed by atoms with Gasteiger partial charge in [0.25, 0.3) is 0 Å². The number of benzene rings is 2. The van der Waals surface area contributed by atoms with E-state index in [9.17, 15) is 0 Å². The van der Waals surface area contributed by atoms with E-state index in [2.05, 4.69) is 91.1 Å². The van der Waals surface area contributed by atoms with E-state index in [-0.39, 0.29) is 22.3 Å². The lowest BCUT2D eigenvalue weighted by Gasteiger charge is -2.47. The molecular weight excluding hydrogens is 506 g/mol. The van der Waals surface area contributed by atoms with Crippen LogP contribution in [0.2, 0.25) is 0 Å². The molecule has 3 fully saturated rings. The summed E-state index contributed by atoms with van der Waals surface area (Å²) < 4.78 is 8.15. The summed E-state index contributed by atoms with van der Waals surface area (Å²) in [6.45, 7) is 12.6. The standard InChI is InChI=1S/C36H43N3O2/c1-35(2)27-14-16-36(3,24-27)34(35)31-30-28(15-17-37-31)39(19-18-38-20-22-41-23-21-38)32(26-12-8-5-9-13-26)29(33(30)40)25-10-6-4-7-11-25/h4-13,17,27,31,34H,14-16,18-24H2,1-3H3/t27?,31?,34-,36+/m1/s1. The van der Waals surface area contributed by atoms with Crippen LogP contribution in [-0.2, 0) is 17.7 Å². The summed E-state index contributed by atoms with van der Waals surface area (Å²) in [6.07, 6.45) is 6.62. The molecule has 5 heteroatoms. The van der Waals surface area contributed by atoms with E-state index in [4.69, 9.17) is 9.73 Å². The van der Waals surface area contributed by atoms with Crippen LogP contribution >= 0.6 is 0 Å². The van der Waals surface area contributed by atoms with Crippen molar-refractivity contribution in [3.63, 3.8) is 0 Å². The van der Waals surface area contributed by atoms with Gasteiger partial charge in [0.2, 0.25) is 0 Å². The molecule has 1 aromatic heterocycles. The largest absolute Gasteiger partial charge is 0.379 e. The van der Waals surface area contributed by atoms with Crippen molar-refractivity contribution >= 4 is 6.21 Å². The molecule has 0 amide bonds. The Balaban J connectivity index is 1.47. The summed E-state index contributed by atoms with van der Waals surface area (Å²) in [5, 5.41) is 0. The first-order valence-electron chi connectivity index (χ1n) is 15.6. The average Bonchev–Trinajstić information content (AvgIpc) is 3.49. The SMILES string of the molecule is CC1(C)C2CC[C@@](C)(C2)[C@@H]1C1N=CCc2c1c(=O)c(-c1ccccc1)c(-c1ccccc1)n2CCN1CCOCC1. The number of morpholine rings is 1. The van der Waals surface area contributed by atoms with Gasteiger partial charge in [0.15, 0.2) is 5.43 Å². The third-order valence-electron chi connectivity index (χ3n) is 11.0. The molecule has 7 rings (SSSR count). The van der Waals surface area contributed by atoms with Gasteiger partial charge in [0.05, 0.1) is 30.5 Å². The molecular formula is C36H43N3O2. The van der Waals surface area contributed by atoms with E-state index in [0.29, 0.717) is 18.3 Å². The Morgan fingerprint density at radius 1 is 0.927 bits per heavy atom. The van der Waals surface area contributed by atoms with Crippen LogP contribution in [0.4, 0.5) is 0 Å².